The van der Waals surface area contributed by atoms with E-state index in [2.05, 4.69) is 25.2 Å². The quantitative estimate of drug-likeness (QED) is 0.552. The maximum atomic E-state index is 12.4. The highest BCUT2D eigenvalue weighted by Crippen LogP contribution is 2.21. The van der Waals surface area contributed by atoms with Gasteiger partial charge in [0, 0.05) is 5.56 Å². The van der Waals surface area contributed by atoms with Crippen molar-refractivity contribution in [1.82, 2.24) is 9.97 Å². The Kier molecular flexibility index (Phi) is 4.18. The number of H-pyrrole nitrogens is 1. The summed E-state index contributed by atoms with van der Waals surface area (Å²) < 4.78 is 29.4. The van der Waals surface area contributed by atoms with Crippen molar-refractivity contribution in [3.05, 3.63) is 54.1 Å². The summed E-state index contributed by atoms with van der Waals surface area (Å²) in [6.07, 6.45) is 0. The zero-order valence-corrected chi connectivity index (χ0v) is 12.3. The first-order chi connectivity index (χ1) is 11.1. The molecule has 23 heavy (non-hydrogen) atoms. The fraction of sp³-hybridized carbons (Fsp3) is 0.125. The van der Waals surface area contributed by atoms with E-state index in [9.17, 15) is 8.78 Å². The van der Waals surface area contributed by atoms with Gasteiger partial charge in [-0.1, -0.05) is 24.3 Å². The summed E-state index contributed by atoms with van der Waals surface area (Å²) >= 11 is 0. The Hall–Kier alpha value is -2.96. The molecule has 0 saturated carbocycles. The molecule has 0 aliphatic carbocycles. The third kappa shape index (κ3) is 3.45. The van der Waals surface area contributed by atoms with Crippen molar-refractivity contribution >= 4 is 22.7 Å². The number of ether oxygens (including phenoxy) is 1. The van der Waals surface area contributed by atoms with Crippen molar-refractivity contribution in [2.75, 3.05) is 5.43 Å². The number of fused-ring (bicyclic) bond motifs is 1. The van der Waals surface area contributed by atoms with Crippen LogP contribution < -0.4 is 10.2 Å². The van der Waals surface area contributed by atoms with Crippen molar-refractivity contribution in [3.8, 4) is 5.75 Å². The molecule has 118 valence electrons. The molecule has 0 amide bonds. The molecule has 3 rings (SSSR count). The van der Waals surface area contributed by atoms with Gasteiger partial charge in [-0.05, 0) is 31.2 Å². The zero-order chi connectivity index (χ0) is 16.2. The van der Waals surface area contributed by atoms with E-state index in [0.29, 0.717) is 17.2 Å². The summed E-state index contributed by atoms with van der Waals surface area (Å²) in [4.78, 5) is 7.39. The summed E-state index contributed by atoms with van der Waals surface area (Å²) in [6.45, 7) is -1.18. The molecule has 0 bridgehead atoms. The van der Waals surface area contributed by atoms with E-state index in [1.807, 2.05) is 24.3 Å². The van der Waals surface area contributed by atoms with Crippen LogP contribution in [0.15, 0.2) is 53.6 Å². The van der Waals surface area contributed by atoms with E-state index in [1.54, 1.807) is 25.1 Å². The number of hydrazone groups is 1. The summed E-state index contributed by atoms with van der Waals surface area (Å²) in [5.74, 6) is 0.549. The van der Waals surface area contributed by atoms with E-state index < -0.39 is 6.61 Å². The van der Waals surface area contributed by atoms with E-state index in [1.165, 1.54) is 6.07 Å². The highest BCUT2D eigenvalue weighted by Gasteiger charge is 2.11. The average Bonchev–Trinajstić information content (AvgIpc) is 2.95. The van der Waals surface area contributed by atoms with Crippen LogP contribution in [0.5, 0.6) is 5.75 Å². The van der Waals surface area contributed by atoms with Crippen LogP contribution in [-0.4, -0.2) is 22.3 Å². The number of rotatable bonds is 5. The summed E-state index contributed by atoms with van der Waals surface area (Å²) in [6, 6.07) is 14.1. The smallest absolute Gasteiger partial charge is 0.387 e. The second-order valence-corrected chi connectivity index (χ2v) is 4.79. The first kappa shape index (κ1) is 15.0. The number of halogens is 2. The molecule has 0 spiro atoms. The number of aromatic amines is 1. The van der Waals surface area contributed by atoms with Crippen molar-refractivity contribution < 1.29 is 13.5 Å². The van der Waals surface area contributed by atoms with Gasteiger partial charge < -0.3 is 9.72 Å². The molecule has 2 N–H and O–H groups in total. The normalized spacial score (nSPS) is 11.9. The van der Waals surface area contributed by atoms with Crippen molar-refractivity contribution in [2.45, 2.75) is 13.5 Å². The Balaban J connectivity index is 1.82. The number of hydrogen-bond donors (Lipinski definition) is 2. The van der Waals surface area contributed by atoms with Crippen LogP contribution in [0.25, 0.3) is 11.0 Å². The van der Waals surface area contributed by atoms with Gasteiger partial charge in [-0.25, -0.2) is 10.4 Å². The standard InChI is InChI=1S/C16H14F2N4O/c1-10(11-6-2-5-9-14(11)23-15(17)18)21-22-16-19-12-7-3-4-8-13(12)20-16/h2-9,15H,1H3,(H2,19,20,22). The van der Waals surface area contributed by atoms with Crippen LogP contribution in [0, 0.1) is 0 Å². The predicted octanol–water partition coefficient (Wildman–Crippen LogP) is 4.00. The van der Waals surface area contributed by atoms with E-state index >= 15 is 0 Å². The van der Waals surface area contributed by atoms with Crippen LogP contribution in [-0.2, 0) is 0 Å². The van der Waals surface area contributed by atoms with Crippen molar-refractivity contribution in [3.63, 3.8) is 0 Å². The molecule has 0 saturated heterocycles. The maximum Gasteiger partial charge on any atom is 0.387 e. The van der Waals surface area contributed by atoms with Crippen LogP contribution in [0.2, 0.25) is 0 Å². The fourth-order valence-electron chi connectivity index (χ4n) is 2.17. The third-order valence-corrected chi connectivity index (χ3v) is 3.21. The second-order valence-electron chi connectivity index (χ2n) is 4.79. The molecule has 2 aromatic carbocycles. The number of nitrogens with one attached hydrogen (secondary N) is 2. The summed E-state index contributed by atoms with van der Waals surface area (Å²) in [5, 5.41) is 4.18. The molecule has 0 fully saturated rings. The number of benzene rings is 2. The largest absolute Gasteiger partial charge is 0.434 e. The van der Waals surface area contributed by atoms with Gasteiger partial charge in [0.25, 0.3) is 0 Å². The van der Waals surface area contributed by atoms with Gasteiger partial charge in [-0.15, -0.1) is 0 Å². The zero-order valence-electron chi connectivity index (χ0n) is 12.3. The van der Waals surface area contributed by atoms with Gasteiger partial charge in [-0.2, -0.15) is 13.9 Å². The molecular weight excluding hydrogens is 302 g/mol. The molecule has 0 aliphatic rings. The van der Waals surface area contributed by atoms with E-state index in [0.717, 1.165) is 11.0 Å². The van der Waals surface area contributed by atoms with Gasteiger partial charge >= 0.3 is 6.61 Å². The lowest BCUT2D eigenvalue weighted by atomic mass is 10.1. The lowest BCUT2D eigenvalue weighted by Crippen LogP contribution is -2.08. The SMILES string of the molecule is CC(=NNc1nc2ccccc2[nH]1)c1ccccc1OC(F)F. The van der Waals surface area contributed by atoms with Crippen LogP contribution in [0.4, 0.5) is 14.7 Å². The Bertz CT molecular complexity index is 812. The van der Waals surface area contributed by atoms with Crippen LogP contribution in [0.3, 0.4) is 0 Å². The number of anilines is 1. The molecule has 1 heterocycles. The topological polar surface area (TPSA) is 62.3 Å². The van der Waals surface area contributed by atoms with Gasteiger partial charge in [0.2, 0.25) is 5.95 Å². The fourth-order valence-corrected chi connectivity index (χ4v) is 2.17. The van der Waals surface area contributed by atoms with Crippen LogP contribution >= 0.6 is 0 Å². The van der Waals surface area contributed by atoms with E-state index in [4.69, 9.17) is 0 Å². The van der Waals surface area contributed by atoms with Gasteiger partial charge in [0.15, 0.2) is 0 Å². The number of para-hydroxylation sites is 3. The third-order valence-electron chi connectivity index (χ3n) is 3.21. The van der Waals surface area contributed by atoms with E-state index in [-0.39, 0.29) is 5.75 Å². The lowest BCUT2D eigenvalue weighted by molar-refractivity contribution is -0.0499. The molecule has 0 aliphatic heterocycles. The lowest BCUT2D eigenvalue weighted by Gasteiger charge is -2.10. The number of imidazole rings is 1. The Labute approximate surface area is 131 Å². The minimum Gasteiger partial charge on any atom is -0.434 e. The van der Waals surface area contributed by atoms with Gasteiger partial charge in [0.05, 0.1) is 16.7 Å². The predicted molar refractivity (Wildman–Crippen MR) is 85.0 cm³/mol. The van der Waals surface area contributed by atoms with Gasteiger partial charge in [0.1, 0.15) is 5.75 Å². The first-order valence-corrected chi connectivity index (χ1v) is 6.93. The molecule has 5 nitrogen and oxygen atoms in total. The molecule has 1 aromatic heterocycles. The molecule has 3 aromatic rings. The maximum absolute atomic E-state index is 12.4. The Morgan fingerprint density at radius 3 is 2.70 bits per heavy atom. The average molecular weight is 316 g/mol. The Morgan fingerprint density at radius 1 is 1.17 bits per heavy atom. The number of aromatic nitrogens is 2. The molecule has 7 heteroatoms. The molecule has 0 radical (unpaired) electrons. The molecule has 0 unspecified atom stereocenters. The van der Waals surface area contributed by atoms with Crippen LogP contribution in [0.1, 0.15) is 12.5 Å². The minimum absolute atomic E-state index is 0.0788. The number of hydrogen-bond acceptors (Lipinski definition) is 4. The number of nitrogens with zero attached hydrogens (tertiary/aromatic N) is 2. The van der Waals surface area contributed by atoms with Crippen molar-refractivity contribution in [1.29, 1.82) is 0 Å². The first-order valence-electron chi connectivity index (χ1n) is 6.93. The monoisotopic (exact) mass is 316 g/mol. The Morgan fingerprint density at radius 2 is 1.91 bits per heavy atom. The molecule has 0 atom stereocenters. The highest BCUT2D eigenvalue weighted by atomic mass is 19.3. The van der Waals surface area contributed by atoms with Gasteiger partial charge in [-0.3, -0.25) is 0 Å². The summed E-state index contributed by atoms with van der Waals surface area (Å²) in [5.41, 5.74) is 5.46. The van der Waals surface area contributed by atoms with Crippen molar-refractivity contribution in [2.24, 2.45) is 5.10 Å². The summed E-state index contributed by atoms with van der Waals surface area (Å²) in [7, 11) is 0. The molecular formula is C16H14F2N4O. The number of alkyl halides is 2. The minimum atomic E-state index is -2.88. The highest BCUT2D eigenvalue weighted by molar-refractivity contribution is 6.01. The second kappa shape index (κ2) is 6.43.